The molecule has 1 aromatic carbocycles. The first-order valence-electron chi connectivity index (χ1n) is 8.90. The van der Waals surface area contributed by atoms with E-state index in [4.69, 9.17) is 4.42 Å². The maximum atomic E-state index is 12.9. The van der Waals surface area contributed by atoms with Crippen molar-refractivity contribution >= 4 is 12.0 Å². The van der Waals surface area contributed by atoms with Gasteiger partial charge in [0, 0.05) is 18.2 Å². The minimum absolute atomic E-state index is 0.123. The van der Waals surface area contributed by atoms with Crippen LogP contribution in [0.15, 0.2) is 46.9 Å². The van der Waals surface area contributed by atoms with Crippen molar-refractivity contribution in [3.8, 4) is 11.3 Å². The molecular formula is C21H26FNO2. The maximum absolute atomic E-state index is 12.9. The minimum Gasteiger partial charge on any atom is -0.457 e. The molecule has 1 aromatic heterocycles. The molecule has 1 unspecified atom stereocenters. The number of hydrogen-bond acceptors (Lipinski definition) is 2. The van der Waals surface area contributed by atoms with Gasteiger partial charge in [0.25, 0.3) is 0 Å². The van der Waals surface area contributed by atoms with Gasteiger partial charge in [-0.3, -0.25) is 4.79 Å². The summed E-state index contributed by atoms with van der Waals surface area (Å²) in [5.41, 5.74) is 0.798. The third-order valence-electron chi connectivity index (χ3n) is 4.08. The second kappa shape index (κ2) is 9.82. The smallest absolute Gasteiger partial charge is 0.244 e. The molecule has 0 aliphatic rings. The second-order valence-electron chi connectivity index (χ2n) is 6.39. The van der Waals surface area contributed by atoms with E-state index in [2.05, 4.69) is 19.2 Å². The van der Waals surface area contributed by atoms with Crippen LogP contribution in [-0.2, 0) is 4.79 Å². The predicted molar refractivity (Wildman–Crippen MR) is 99.5 cm³/mol. The van der Waals surface area contributed by atoms with E-state index in [1.54, 1.807) is 30.3 Å². The van der Waals surface area contributed by atoms with Crippen LogP contribution in [0.2, 0.25) is 0 Å². The summed E-state index contributed by atoms with van der Waals surface area (Å²) < 4.78 is 18.6. The maximum Gasteiger partial charge on any atom is 0.244 e. The summed E-state index contributed by atoms with van der Waals surface area (Å²) in [5.74, 6) is 1.31. The summed E-state index contributed by atoms with van der Waals surface area (Å²) in [7, 11) is 0. The average molecular weight is 343 g/mol. The van der Waals surface area contributed by atoms with Crippen molar-refractivity contribution in [3.05, 3.63) is 54.1 Å². The van der Waals surface area contributed by atoms with Crippen molar-refractivity contribution in [2.75, 3.05) is 6.54 Å². The van der Waals surface area contributed by atoms with Crippen LogP contribution in [0.5, 0.6) is 0 Å². The monoisotopic (exact) mass is 343 g/mol. The van der Waals surface area contributed by atoms with Gasteiger partial charge in [0.15, 0.2) is 0 Å². The Kier molecular flexibility index (Phi) is 7.45. The molecule has 1 amide bonds. The lowest BCUT2D eigenvalue weighted by Gasteiger charge is -2.10. The molecule has 2 aromatic rings. The Bertz CT molecular complexity index is 688. The van der Waals surface area contributed by atoms with Crippen LogP contribution in [0.4, 0.5) is 4.39 Å². The molecule has 1 atom stereocenters. The Morgan fingerprint density at radius 2 is 1.96 bits per heavy atom. The lowest BCUT2D eigenvalue weighted by atomic mass is 10.0. The Balaban J connectivity index is 1.81. The van der Waals surface area contributed by atoms with Crippen LogP contribution < -0.4 is 5.32 Å². The first-order chi connectivity index (χ1) is 12.1. The van der Waals surface area contributed by atoms with E-state index in [0.29, 0.717) is 24.0 Å². The van der Waals surface area contributed by atoms with Crippen molar-refractivity contribution < 1.29 is 13.6 Å². The number of rotatable bonds is 9. The van der Waals surface area contributed by atoms with Crippen molar-refractivity contribution in [1.82, 2.24) is 5.32 Å². The zero-order valence-corrected chi connectivity index (χ0v) is 14.9. The van der Waals surface area contributed by atoms with Gasteiger partial charge >= 0.3 is 0 Å². The van der Waals surface area contributed by atoms with E-state index in [0.717, 1.165) is 12.0 Å². The van der Waals surface area contributed by atoms with Crippen molar-refractivity contribution in [2.45, 2.75) is 39.5 Å². The van der Waals surface area contributed by atoms with Gasteiger partial charge in [-0.25, -0.2) is 4.39 Å². The van der Waals surface area contributed by atoms with Crippen LogP contribution in [-0.4, -0.2) is 12.5 Å². The standard InChI is InChI=1S/C21H26FNO2/c1-3-4-5-6-16(2)15-23-21(24)14-12-19-11-13-20(25-19)17-7-9-18(22)10-8-17/h7-14,16H,3-6,15H2,1-2H3,(H,23,24). The Morgan fingerprint density at radius 3 is 2.68 bits per heavy atom. The van der Waals surface area contributed by atoms with Gasteiger partial charge in [-0.2, -0.15) is 0 Å². The van der Waals surface area contributed by atoms with Crippen molar-refractivity contribution in [3.63, 3.8) is 0 Å². The quantitative estimate of drug-likeness (QED) is 0.487. The zero-order chi connectivity index (χ0) is 18.1. The fourth-order valence-corrected chi connectivity index (χ4v) is 2.55. The Hall–Kier alpha value is -2.36. The van der Waals surface area contributed by atoms with E-state index in [9.17, 15) is 9.18 Å². The van der Waals surface area contributed by atoms with E-state index >= 15 is 0 Å². The molecule has 4 heteroatoms. The number of amides is 1. The lowest BCUT2D eigenvalue weighted by Crippen LogP contribution is -2.26. The number of carbonyl (C=O) groups excluding carboxylic acids is 1. The van der Waals surface area contributed by atoms with Crippen LogP contribution in [0.1, 0.15) is 45.3 Å². The molecule has 0 aliphatic carbocycles. The second-order valence-corrected chi connectivity index (χ2v) is 6.39. The molecule has 2 rings (SSSR count). The van der Waals surface area contributed by atoms with Gasteiger partial charge in [-0.15, -0.1) is 0 Å². The summed E-state index contributed by atoms with van der Waals surface area (Å²) in [6.45, 7) is 5.03. The van der Waals surface area contributed by atoms with E-state index in [-0.39, 0.29) is 11.7 Å². The summed E-state index contributed by atoms with van der Waals surface area (Å²) in [6.07, 6.45) is 7.92. The number of benzene rings is 1. The van der Waals surface area contributed by atoms with Crippen LogP contribution in [0, 0.1) is 11.7 Å². The topological polar surface area (TPSA) is 42.2 Å². The number of halogens is 1. The van der Waals surface area contributed by atoms with Crippen molar-refractivity contribution in [2.24, 2.45) is 5.92 Å². The van der Waals surface area contributed by atoms with E-state index < -0.39 is 0 Å². The van der Waals surface area contributed by atoms with E-state index in [1.165, 1.54) is 37.5 Å². The van der Waals surface area contributed by atoms with Gasteiger partial charge in [-0.05, 0) is 54.8 Å². The number of unbranched alkanes of at least 4 members (excludes halogenated alkanes) is 2. The van der Waals surface area contributed by atoms with Gasteiger partial charge in [-0.1, -0.05) is 33.1 Å². The predicted octanol–water partition coefficient (Wildman–Crippen LogP) is 5.43. The van der Waals surface area contributed by atoms with Gasteiger partial charge < -0.3 is 9.73 Å². The Morgan fingerprint density at radius 1 is 1.20 bits per heavy atom. The number of carbonyl (C=O) groups is 1. The zero-order valence-electron chi connectivity index (χ0n) is 14.9. The average Bonchev–Trinajstić information content (AvgIpc) is 3.08. The molecule has 0 fully saturated rings. The highest BCUT2D eigenvalue weighted by molar-refractivity contribution is 5.91. The SMILES string of the molecule is CCCCCC(C)CNC(=O)C=Cc1ccc(-c2ccc(F)cc2)o1. The Labute approximate surface area is 148 Å². The third kappa shape index (κ3) is 6.57. The number of furan rings is 1. The molecule has 0 spiro atoms. The summed E-state index contributed by atoms with van der Waals surface area (Å²) >= 11 is 0. The highest BCUT2D eigenvalue weighted by Gasteiger charge is 2.05. The fourth-order valence-electron chi connectivity index (χ4n) is 2.55. The largest absolute Gasteiger partial charge is 0.457 e. The lowest BCUT2D eigenvalue weighted by molar-refractivity contribution is -0.116. The number of nitrogens with one attached hydrogen (secondary N) is 1. The first-order valence-corrected chi connectivity index (χ1v) is 8.90. The third-order valence-corrected chi connectivity index (χ3v) is 4.08. The highest BCUT2D eigenvalue weighted by atomic mass is 19.1. The van der Waals surface area contributed by atoms with Crippen LogP contribution >= 0.6 is 0 Å². The normalized spacial score (nSPS) is 12.4. The molecule has 134 valence electrons. The van der Waals surface area contributed by atoms with Gasteiger partial charge in [0.2, 0.25) is 5.91 Å². The molecule has 3 nitrogen and oxygen atoms in total. The van der Waals surface area contributed by atoms with Gasteiger partial charge in [0.05, 0.1) is 0 Å². The van der Waals surface area contributed by atoms with Crippen LogP contribution in [0.25, 0.3) is 17.4 Å². The van der Waals surface area contributed by atoms with Crippen LogP contribution in [0.3, 0.4) is 0 Å². The molecule has 0 radical (unpaired) electrons. The first kappa shape index (κ1) is 19.0. The van der Waals surface area contributed by atoms with Crippen molar-refractivity contribution in [1.29, 1.82) is 0 Å². The highest BCUT2D eigenvalue weighted by Crippen LogP contribution is 2.23. The fraction of sp³-hybridized carbons (Fsp3) is 0.381. The molecule has 1 N–H and O–H groups in total. The van der Waals surface area contributed by atoms with Gasteiger partial charge in [0.1, 0.15) is 17.3 Å². The molecule has 0 aliphatic heterocycles. The summed E-state index contributed by atoms with van der Waals surface area (Å²) in [4.78, 5) is 11.9. The number of hydrogen-bond donors (Lipinski definition) is 1. The molecular weight excluding hydrogens is 317 g/mol. The molecule has 0 saturated heterocycles. The minimum atomic E-state index is -0.281. The van der Waals surface area contributed by atoms with E-state index in [1.807, 2.05) is 0 Å². The summed E-state index contributed by atoms with van der Waals surface area (Å²) in [6, 6.07) is 9.70. The summed E-state index contributed by atoms with van der Waals surface area (Å²) in [5, 5.41) is 2.92. The molecule has 0 saturated carbocycles. The molecule has 1 heterocycles. The molecule has 25 heavy (non-hydrogen) atoms. The molecule has 0 bridgehead atoms.